The highest BCUT2D eigenvalue weighted by molar-refractivity contribution is 5.97. The second kappa shape index (κ2) is 7.25. The number of ether oxygens (including phenoxy) is 1. The second-order valence-electron chi connectivity index (χ2n) is 6.64. The third kappa shape index (κ3) is 5.50. The summed E-state index contributed by atoms with van der Waals surface area (Å²) < 4.78 is 5.19. The molecule has 0 atom stereocenters. The van der Waals surface area contributed by atoms with Gasteiger partial charge in [-0.1, -0.05) is 29.8 Å². The molecule has 1 N–H and O–H groups in total. The maximum atomic E-state index is 12.3. The van der Waals surface area contributed by atoms with Crippen LogP contribution in [0.25, 0.3) is 0 Å². The molecule has 0 bridgehead atoms. The van der Waals surface area contributed by atoms with Crippen molar-refractivity contribution in [1.29, 1.82) is 0 Å². The summed E-state index contributed by atoms with van der Waals surface area (Å²) in [5, 5.41) is 2.58. The maximum Gasteiger partial charge on any atom is 0.413 e. The normalized spacial score (nSPS) is 11.0. The minimum Gasteiger partial charge on any atom is -0.444 e. The Morgan fingerprint density at radius 2 is 1.79 bits per heavy atom. The van der Waals surface area contributed by atoms with E-state index in [1.165, 1.54) is 0 Å². The molecule has 5 nitrogen and oxygen atoms in total. The van der Waals surface area contributed by atoms with Gasteiger partial charge in [-0.25, -0.2) is 9.78 Å². The fourth-order valence-corrected chi connectivity index (χ4v) is 2.09. The Morgan fingerprint density at radius 1 is 1.12 bits per heavy atom. The summed E-state index contributed by atoms with van der Waals surface area (Å²) in [6, 6.07) is 10.9. The van der Waals surface area contributed by atoms with Gasteiger partial charge in [0.1, 0.15) is 11.4 Å². The number of hydrogen-bond donors (Lipinski definition) is 1. The topological polar surface area (TPSA) is 68.3 Å². The van der Waals surface area contributed by atoms with E-state index >= 15 is 0 Å². The van der Waals surface area contributed by atoms with Crippen LogP contribution in [-0.4, -0.2) is 22.5 Å². The Bertz CT molecular complexity index is 731. The highest BCUT2D eigenvalue weighted by atomic mass is 16.6. The van der Waals surface area contributed by atoms with Crippen LogP contribution in [0.1, 0.15) is 42.3 Å². The van der Waals surface area contributed by atoms with E-state index in [0.29, 0.717) is 11.4 Å². The Labute approximate surface area is 142 Å². The molecule has 0 saturated heterocycles. The molecule has 0 radical (unpaired) electrons. The molecule has 5 heteroatoms. The lowest BCUT2D eigenvalue weighted by Crippen LogP contribution is -2.27. The predicted molar refractivity (Wildman–Crippen MR) is 93.3 cm³/mol. The summed E-state index contributed by atoms with van der Waals surface area (Å²) in [6.45, 7) is 7.34. The zero-order valence-corrected chi connectivity index (χ0v) is 14.4. The van der Waals surface area contributed by atoms with Gasteiger partial charge in [0.2, 0.25) is 0 Å². The number of ketones is 1. The van der Waals surface area contributed by atoms with Crippen LogP contribution < -0.4 is 5.32 Å². The number of pyridine rings is 1. The molecule has 0 aliphatic heterocycles. The average Bonchev–Trinajstić information content (AvgIpc) is 2.46. The van der Waals surface area contributed by atoms with E-state index in [1.54, 1.807) is 39.1 Å². The molecule has 1 heterocycles. The highest BCUT2D eigenvalue weighted by Gasteiger charge is 2.16. The first-order valence-electron chi connectivity index (χ1n) is 7.78. The van der Waals surface area contributed by atoms with Crippen molar-refractivity contribution in [2.45, 2.75) is 39.7 Å². The van der Waals surface area contributed by atoms with Crippen LogP contribution in [0.5, 0.6) is 0 Å². The van der Waals surface area contributed by atoms with Crippen molar-refractivity contribution in [2.75, 3.05) is 5.32 Å². The van der Waals surface area contributed by atoms with E-state index < -0.39 is 11.7 Å². The molecule has 0 aliphatic carbocycles. The minimum atomic E-state index is -0.580. The first-order chi connectivity index (χ1) is 11.2. The van der Waals surface area contributed by atoms with Crippen LogP contribution >= 0.6 is 0 Å². The molecule has 1 amide bonds. The number of hydrogen-bond acceptors (Lipinski definition) is 4. The standard InChI is InChI=1S/C19H22N2O3/c1-13-5-7-15(8-6-13)16(22)11-14-9-10-20-17(12-14)21-18(23)24-19(2,3)4/h5-10,12H,11H2,1-4H3,(H,20,21,23). The van der Waals surface area contributed by atoms with Gasteiger partial charge in [-0.15, -0.1) is 0 Å². The minimum absolute atomic E-state index is 0.0180. The zero-order valence-electron chi connectivity index (χ0n) is 14.4. The van der Waals surface area contributed by atoms with Crippen molar-refractivity contribution in [1.82, 2.24) is 4.98 Å². The molecule has 0 aliphatic rings. The third-order valence-electron chi connectivity index (χ3n) is 3.19. The van der Waals surface area contributed by atoms with Gasteiger partial charge in [0, 0.05) is 18.2 Å². The van der Waals surface area contributed by atoms with Crippen molar-refractivity contribution in [2.24, 2.45) is 0 Å². The quantitative estimate of drug-likeness (QED) is 0.857. The average molecular weight is 326 g/mol. The van der Waals surface area contributed by atoms with Gasteiger partial charge < -0.3 is 4.74 Å². The number of benzene rings is 1. The third-order valence-corrected chi connectivity index (χ3v) is 3.19. The number of carbonyl (C=O) groups is 2. The molecule has 0 unspecified atom stereocenters. The van der Waals surface area contributed by atoms with E-state index in [9.17, 15) is 9.59 Å². The van der Waals surface area contributed by atoms with Crippen LogP contribution in [0.3, 0.4) is 0 Å². The van der Waals surface area contributed by atoms with E-state index in [1.807, 2.05) is 31.2 Å². The number of rotatable bonds is 4. The Kier molecular flexibility index (Phi) is 5.34. The number of aromatic nitrogens is 1. The van der Waals surface area contributed by atoms with Gasteiger partial charge in [0.25, 0.3) is 0 Å². The molecule has 0 fully saturated rings. The monoisotopic (exact) mass is 326 g/mol. The van der Waals surface area contributed by atoms with Crippen LogP contribution in [-0.2, 0) is 11.2 Å². The van der Waals surface area contributed by atoms with Gasteiger partial charge >= 0.3 is 6.09 Å². The SMILES string of the molecule is Cc1ccc(C(=O)Cc2ccnc(NC(=O)OC(C)(C)C)c2)cc1. The van der Waals surface area contributed by atoms with Gasteiger partial charge in [-0.05, 0) is 45.4 Å². The molecular formula is C19H22N2O3. The highest BCUT2D eigenvalue weighted by Crippen LogP contribution is 2.13. The largest absolute Gasteiger partial charge is 0.444 e. The molecule has 0 spiro atoms. The van der Waals surface area contributed by atoms with Gasteiger partial charge in [-0.3, -0.25) is 10.1 Å². The maximum absolute atomic E-state index is 12.3. The fourth-order valence-electron chi connectivity index (χ4n) is 2.09. The molecule has 0 saturated carbocycles. The van der Waals surface area contributed by atoms with E-state index in [0.717, 1.165) is 11.1 Å². The lowest BCUT2D eigenvalue weighted by molar-refractivity contribution is 0.0635. The Morgan fingerprint density at radius 3 is 2.42 bits per heavy atom. The molecule has 126 valence electrons. The number of aryl methyl sites for hydroxylation is 1. The summed E-state index contributed by atoms with van der Waals surface area (Å²) in [7, 11) is 0. The van der Waals surface area contributed by atoms with Gasteiger partial charge in [0.15, 0.2) is 5.78 Å². The number of amides is 1. The van der Waals surface area contributed by atoms with Gasteiger partial charge in [0.05, 0.1) is 0 Å². The van der Waals surface area contributed by atoms with Crippen LogP contribution in [0.4, 0.5) is 10.6 Å². The number of nitrogens with one attached hydrogen (secondary N) is 1. The Balaban J connectivity index is 2.03. The summed E-state index contributed by atoms with van der Waals surface area (Å²) >= 11 is 0. The van der Waals surface area contributed by atoms with Crippen molar-refractivity contribution < 1.29 is 14.3 Å². The van der Waals surface area contributed by atoms with Crippen LogP contribution in [0, 0.1) is 6.92 Å². The van der Waals surface area contributed by atoms with Crippen molar-refractivity contribution in [3.63, 3.8) is 0 Å². The number of Topliss-reactive ketones (excluding diaryl/α,β-unsaturated/α-hetero) is 1. The van der Waals surface area contributed by atoms with Crippen molar-refractivity contribution in [3.8, 4) is 0 Å². The fraction of sp³-hybridized carbons (Fsp3) is 0.316. The van der Waals surface area contributed by atoms with Gasteiger partial charge in [-0.2, -0.15) is 0 Å². The second-order valence-corrected chi connectivity index (χ2v) is 6.64. The summed E-state index contributed by atoms with van der Waals surface area (Å²) in [5.74, 6) is 0.378. The summed E-state index contributed by atoms with van der Waals surface area (Å²) in [6.07, 6.45) is 1.23. The van der Waals surface area contributed by atoms with Crippen molar-refractivity contribution in [3.05, 3.63) is 59.3 Å². The van der Waals surface area contributed by atoms with E-state index in [4.69, 9.17) is 4.74 Å². The summed E-state index contributed by atoms with van der Waals surface area (Å²) in [5.41, 5.74) is 1.98. The smallest absolute Gasteiger partial charge is 0.413 e. The first kappa shape index (κ1) is 17.7. The van der Waals surface area contributed by atoms with Crippen molar-refractivity contribution >= 4 is 17.7 Å². The van der Waals surface area contributed by atoms with Crippen LogP contribution in [0.15, 0.2) is 42.6 Å². The number of nitrogens with zero attached hydrogens (tertiary/aromatic N) is 1. The first-order valence-corrected chi connectivity index (χ1v) is 7.78. The predicted octanol–water partition coefficient (Wildman–Crippen LogP) is 4.16. The molecule has 1 aromatic carbocycles. The van der Waals surface area contributed by atoms with E-state index in [-0.39, 0.29) is 12.2 Å². The molecular weight excluding hydrogens is 304 g/mol. The molecule has 2 rings (SSSR count). The molecule has 1 aromatic heterocycles. The van der Waals surface area contributed by atoms with E-state index in [2.05, 4.69) is 10.3 Å². The number of anilines is 1. The lowest BCUT2D eigenvalue weighted by atomic mass is 10.0. The zero-order chi connectivity index (χ0) is 17.7. The Hall–Kier alpha value is -2.69. The lowest BCUT2D eigenvalue weighted by Gasteiger charge is -2.19. The van der Waals surface area contributed by atoms with Crippen LogP contribution in [0.2, 0.25) is 0 Å². The summed E-state index contributed by atoms with van der Waals surface area (Å²) in [4.78, 5) is 28.2. The molecule has 2 aromatic rings. The molecule has 24 heavy (non-hydrogen) atoms. The number of carbonyl (C=O) groups excluding carboxylic acids is 2.